The third-order valence-corrected chi connectivity index (χ3v) is 3.84. The van der Waals surface area contributed by atoms with Crippen LogP contribution in [0.5, 0.6) is 0 Å². The van der Waals surface area contributed by atoms with Gasteiger partial charge in [0.1, 0.15) is 6.54 Å². The van der Waals surface area contributed by atoms with Crippen LogP contribution < -0.4 is 5.32 Å². The molecule has 0 unspecified atom stereocenters. The summed E-state index contributed by atoms with van der Waals surface area (Å²) < 4.78 is 25.2. The zero-order chi connectivity index (χ0) is 17.1. The highest BCUT2D eigenvalue weighted by Gasteiger charge is 2.37. The summed E-state index contributed by atoms with van der Waals surface area (Å²) in [5, 5.41) is 2.98. The Bertz CT molecular complexity index is 634. The van der Waals surface area contributed by atoms with E-state index in [1.54, 1.807) is 25.1 Å². The van der Waals surface area contributed by atoms with Gasteiger partial charge in [-0.25, -0.2) is 8.78 Å². The maximum absolute atomic E-state index is 12.6. The summed E-state index contributed by atoms with van der Waals surface area (Å²) in [5.41, 5.74) is 1.22. The molecule has 1 saturated heterocycles. The molecule has 23 heavy (non-hydrogen) atoms. The number of aryl methyl sites for hydroxylation is 1. The first kappa shape index (κ1) is 17.3. The number of benzene rings is 1. The van der Waals surface area contributed by atoms with Crippen LogP contribution in [0.4, 0.5) is 14.5 Å². The Labute approximate surface area is 136 Å². The number of carbonyl (C=O) groups is 3. The van der Waals surface area contributed by atoms with Gasteiger partial charge in [-0.15, -0.1) is 0 Å². The molecule has 124 valence electrons. The molecule has 2 rings (SSSR count). The number of likely N-dealkylation sites (tertiary alicyclic amines) is 1. The predicted octanol–water partition coefficient (Wildman–Crippen LogP) is 2.62. The van der Waals surface area contributed by atoms with Crippen molar-refractivity contribution >= 4 is 35.0 Å². The van der Waals surface area contributed by atoms with Crippen LogP contribution in [0.1, 0.15) is 18.4 Å². The summed E-state index contributed by atoms with van der Waals surface area (Å²) in [5.74, 6) is -3.38. The van der Waals surface area contributed by atoms with Crippen molar-refractivity contribution in [2.24, 2.45) is 5.92 Å². The molecule has 1 aliphatic rings. The molecule has 3 amide bonds. The van der Waals surface area contributed by atoms with Crippen LogP contribution in [0, 0.1) is 12.8 Å². The molecular formula is C15H15ClF2N2O3. The van der Waals surface area contributed by atoms with E-state index in [1.165, 1.54) is 0 Å². The SMILES string of the molecule is Cc1ccc(Cl)cc1NC(=O)CN1C(=O)CC(C(F)F)CC1=O. The maximum atomic E-state index is 12.6. The highest BCUT2D eigenvalue weighted by atomic mass is 35.5. The minimum absolute atomic E-state index is 0.427. The van der Waals surface area contributed by atoms with Crippen molar-refractivity contribution in [1.29, 1.82) is 0 Å². The first-order chi connectivity index (χ1) is 10.8. The molecule has 1 aromatic carbocycles. The first-order valence-corrected chi connectivity index (χ1v) is 7.33. The maximum Gasteiger partial charge on any atom is 0.244 e. The summed E-state index contributed by atoms with van der Waals surface area (Å²) >= 11 is 5.84. The smallest absolute Gasteiger partial charge is 0.244 e. The van der Waals surface area contributed by atoms with Crippen molar-refractivity contribution in [3.8, 4) is 0 Å². The largest absolute Gasteiger partial charge is 0.324 e. The van der Waals surface area contributed by atoms with E-state index in [2.05, 4.69) is 5.32 Å². The summed E-state index contributed by atoms with van der Waals surface area (Å²) in [7, 11) is 0. The molecule has 0 radical (unpaired) electrons. The molecule has 1 heterocycles. The molecule has 1 fully saturated rings. The van der Waals surface area contributed by atoms with Gasteiger partial charge in [-0.2, -0.15) is 0 Å². The number of alkyl halides is 2. The molecule has 5 nitrogen and oxygen atoms in total. The van der Waals surface area contributed by atoms with Crippen LogP contribution in [-0.4, -0.2) is 35.6 Å². The monoisotopic (exact) mass is 344 g/mol. The van der Waals surface area contributed by atoms with Crippen molar-refractivity contribution in [1.82, 2.24) is 4.90 Å². The number of hydrogen-bond acceptors (Lipinski definition) is 3. The van der Waals surface area contributed by atoms with E-state index in [-0.39, 0.29) is 0 Å². The number of carbonyl (C=O) groups excluding carboxylic acids is 3. The molecule has 0 spiro atoms. The van der Waals surface area contributed by atoms with Crippen molar-refractivity contribution < 1.29 is 23.2 Å². The Kier molecular flexibility index (Phi) is 5.30. The van der Waals surface area contributed by atoms with Gasteiger partial charge in [-0.3, -0.25) is 19.3 Å². The summed E-state index contributed by atoms with van der Waals surface area (Å²) in [6, 6.07) is 4.92. The van der Waals surface area contributed by atoms with E-state index < -0.39 is 49.5 Å². The average molecular weight is 345 g/mol. The van der Waals surface area contributed by atoms with Gasteiger partial charge in [0.25, 0.3) is 0 Å². The minimum Gasteiger partial charge on any atom is -0.324 e. The molecule has 0 aromatic heterocycles. The molecule has 0 saturated carbocycles. The van der Waals surface area contributed by atoms with E-state index in [4.69, 9.17) is 11.6 Å². The molecular weight excluding hydrogens is 330 g/mol. The van der Waals surface area contributed by atoms with Gasteiger partial charge in [-0.1, -0.05) is 17.7 Å². The summed E-state index contributed by atoms with van der Waals surface area (Å²) in [4.78, 5) is 36.3. The van der Waals surface area contributed by atoms with E-state index in [0.717, 1.165) is 5.56 Å². The Balaban J connectivity index is 2.01. The number of anilines is 1. The van der Waals surface area contributed by atoms with Crippen LogP contribution >= 0.6 is 11.6 Å². The van der Waals surface area contributed by atoms with Crippen molar-refractivity contribution in [2.45, 2.75) is 26.2 Å². The Morgan fingerprint density at radius 1 is 1.35 bits per heavy atom. The molecule has 0 aliphatic carbocycles. The van der Waals surface area contributed by atoms with Gasteiger partial charge in [0.2, 0.25) is 24.1 Å². The van der Waals surface area contributed by atoms with Crippen LogP contribution in [0.15, 0.2) is 18.2 Å². The quantitative estimate of drug-likeness (QED) is 0.854. The number of hydrogen-bond donors (Lipinski definition) is 1. The number of amides is 3. The third-order valence-electron chi connectivity index (χ3n) is 3.61. The van der Waals surface area contributed by atoms with Crippen LogP contribution in [-0.2, 0) is 14.4 Å². The molecule has 1 N–H and O–H groups in total. The lowest BCUT2D eigenvalue weighted by Gasteiger charge is -2.29. The van der Waals surface area contributed by atoms with Gasteiger partial charge < -0.3 is 5.32 Å². The number of nitrogens with one attached hydrogen (secondary N) is 1. The lowest BCUT2D eigenvalue weighted by atomic mass is 9.96. The number of imide groups is 1. The van der Waals surface area contributed by atoms with Gasteiger partial charge in [0.15, 0.2) is 0 Å². The van der Waals surface area contributed by atoms with Crippen molar-refractivity contribution in [3.63, 3.8) is 0 Å². The molecule has 1 aliphatic heterocycles. The van der Waals surface area contributed by atoms with Crippen LogP contribution in [0.25, 0.3) is 0 Å². The fraction of sp³-hybridized carbons (Fsp3) is 0.400. The third kappa shape index (κ3) is 4.25. The standard InChI is InChI=1S/C15H15ClF2N2O3/c1-8-2-3-10(16)6-11(8)19-12(21)7-20-13(22)4-9(15(17)18)5-14(20)23/h2-3,6,9,15H,4-5,7H2,1H3,(H,19,21). The van der Waals surface area contributed by atoms with Gasteiger partial charge in [0, 0.05) is 29.5 Å². The zero-order valence-electron chi connectivity index (χ0n) is 12.3. The van der Waals surface area contributed by atoms with E-state index in [9.17, 15) is 23.2 Å². The molecule has 0 atom stereocenters. The first-order valence-electron chi connectivity index (χ1n) is 6.95. The topological polar surface area (TPSA) is 66.5 Å². The fourth-order valence-corrected chi connectivity index (χ4v) is 2.47. The second-order valence-corrected chi connectivity index (χ2v) is 5.82. The molecule has 0 bridgehead atoms. The summed E-state index contributed by atoms with van der Waals surface area (Å²) in [6.45, 7) is 1.26. The summed E-state index contributed by atoms with van der Waals surface area (Å²) in [6.07, 6.45) is -3.60. The number of rotatable bonds is 4. The normalized spacial score (nSPS) is 16.1. The fourth-order valence-electron chi connectivity index (χ4n) is 2.30. The molecule has 8 heteroatoms. The van der Waals surface area contributed by atoms with Gasteiger partial charge in [0.05, 0.1) is 0 Å². The second-order valence-electron chi connectivity index (χ2n) is 5.38. The minimum atomic E-state index is -2.73. The Morgan fingerprint density at radius 3 is 2.52 bits per heavy atom. The van der Waals surface area contributed by atoms with E-state index in [1.807, 2.05) is 0 Å². The second kappa shape index (κ2) is 7.04. The average Bonchev–Trinajstić information content (AvgIpc) is 2.46. The lowest BCUT2D eigenvalue weighted by molar-refractivity contribution is -0.154. The lowest BCUT2D eigenvalue weighted by Crippen LogP contribution is -2.48. The van der Waals surface area contributed by atoms with Crippen LogP contribution in [0.3, 0.4) is 0 Å². The van der Waals surface area contributed by atoms with E-state index >= 15 is 0 Å². The van der Waals surface area contributed by atoms with Gasteiger partial charge in [-0.05, 0) is 24.6 Å². The highest BCUT2D eigenvalue weighted by molar-refractivity contribution is 6.31. The molecule has 1 aromatic rings. The van der Waals surface area contributed by atoms with Crippen LogP contribution in [0.2, 0.25) is 5.02 Å². The van der Waals surface area contributed by atoms with Gasteiger partial charge >= 0.3 is 0 Å². The van der Waals surface area contributed by atoms with Crippen molar-refractivity contribution in [2.75, 3.05) is 11.9 Å². The van der Waals surface area contributed by atoms with Crippen molar-refractivity contribution in [3.05, 3.63) is 28.8 Å². The number of halogens is 3. The number of nitrogens with zero attached hydrogens (tertiary/aromatic N) is 1. The predicted molar refractivity (Wildman–Crippen MR) is 80.3 cm³/mol. The number of piperidine rings is 1. The Hall–Kier alpha value is -2.02. The van der Waals surface area contributed by atoms with E-state index in [0.29, 0.717) is 15.6 Å². The zero-order valence-corrected chi connectivity index (χ0v) is 13.1. The highest BCUT2D eigenvalue weighted by Crippen LogP contribution is 2.25. The Morgan fingerprint density at radius 2 is 1.96 bits per heavy atom.